The number of benzene rings is 2. The number of carbonyl (C=O) groups is 4. The number of nitrogen functional groups attached to an aromatic ring is 1. The number of nitrogens with two attached hydrogens (primary N) is 3. The van der Waals surface area contributed by atoms with E-state index < -0.39 is 290 Å². The van der Waals surface area contributed by atoms with Gasteiger partial charge in [0, 0.05) is 66.2 Å². The summed E-state index contributed by atoms with van der Waals surface area (Å²) in [4.78, 5) is 56.9. The average molecular weight is 10300 g/mol. The quantitative estimate of drug-likeness (QED) is 0.0257. The Morgan fingerprint density at radius 1 is 0.356 bits per heavy atom. The van der Waals surface area contributed by atoms with Crippen molar-refractivity contribution in [3.8, 4) is 11.4 Å². The van der Waals surface area contributed by atoms with Gasteiger partial charge in [0.15, 0.2) is 10.9 Å². The van der Waals surface area contributed by atoms with Gasteiger partial charge in [-0.25, -0.2) is 9.78 Å². The number of anilines is 1. The van der Waals surface area contributed by atoms with Crippen molar-refractivity contribution >= 4 is 1090 Å². The molecule has 3 aromatic heterocycles. The van der Waals surface area contributed by atoms with Gasteiger partial charge in [0.25, 0.3) is 11.8 Å². The molecule has 5 aromatic rings. The first-order valence-corrected chi connectivity index (χ1v) is 491. The molecule has 2 aromatic carbocycles. The van der Waals surface area contributed by atoms with Crippen molar-refractivity contribution in [2.75, 3.05) is 18.8 Å². The zero-order chi connectivity index (χ0) is 100. The number of carbonyl (C=O) groups excluding carboxylic acids is 4. The Balaban J connectivity index is 0.000000365. The van der Waals surface area contributed by atoms with Crippen LogP contribution in [-0.2, 0) is 45.4 Å². The Morgan fingerprint density at radius 3 is 0.856 bits per heavy atom. The normalized spacial score (nSPS) is 18.1. The van der Waals surface area contributed by atoms with E-state index in [0.29, 0.717) is 74.6 Å². The number of halogens is 79. The van der Waals surface area contributed by atoms with E-state index in [0.717, 1.165) is 79.1 Å². The maximum absolute atomic E-state index is 13.0. The van der Waals surface area contributed by atoms with E-state index in [9.17, 15) is 14.4 Å². The summed E-state index contributed by atoms with van der Waals surface area (Å²) >= 11 is 156. The van der Waals surface area contributed by atoms with Crippen LogP contribution in [0.15, 0.2) is 36.4 Å². The number of amides is 4. The number of hydrogen-bond donors (Lipinski definition) is 3. The minimum Gasteiger partial charge on any atom is -0.375 e. The van der Waals surface area contributed by atoms with Crippen molar-refractivity contribution in [1.82, 2.24) is 34.3 Å². The number of rotatable bonds is 37. The number of fused-ring (bicyclic) bond motifs is 8. The number of ketones is 1. The third-order valence-electron chi connectivity index (χ3n) is 13.0. The zero-order valence-corrected chi connectivity index (χ0v) is 224. The Morgan fingerprint density at radius 2 is 0.598 bits per heavy atom. The summed E-state index contributed by atoms with van der Waals surface area (Å²) < 4.78 is 3.87. The fourth-order valence-corrected chi connectivity index (χ4v) is 14300. The first kappa shape index (κ1) is 170. The Hall–Kier alpha value is 49.8. The number of Topliss-reactive ketones (excluding diaryl/α,β-unsaturated/α-hetero) is 1. The third-order valence-corrected chi connectivity index (χ3v) is 5800. The Kier molecular flexibility index (Phi) is 119. The van der Waals surface area contributed by atoms with Crippen molar-refractivity contribution in [3.05, 3.63) is 101 Å². The molecular formula is C38H37BrCl4I74N10O4S. The van der Waals surface area contributed by atoms with Gasteiger partial charge in [0.2, 0.25) is 0 Å². The number of urea groups is 1. The molecule has 0 radical (unpaired) electrons. The van der Waals surface area contributed by atoms with Crippen molar-refractivity contribution in [2.24, 2.45) is 11.5 Å². The van der Waals surface area contributed by atoms with Crippen LogP contribution in [0.2, 0.25) is 20.1 Å². The number of hydrogen-bond acceptors (Lipinski definition) is 9. The summed E-state index contributed by atoms with van der Waals surface area (Å²) in [5.41, 5.74) is 22.0. The molecule has 7 heterocycles. The van der Waals surface area contributed by atoms with Gasteiger partial charge >= 0.3 is 998 Å². The standard InChI is InChI=1S/C19H17Cl2N5OS.C18H16BrCl2N3O2.CH4N2O.I74/c20-12-4-3-10(8-13(12)21)18(27)25-7-5-14-11(9-25)17-16-15(28-19(22)23-16)2-1-6-26(17)24-14;19-12-2-1-6-24-16(17(12)25)11-9-23(7-5-15(11)22-24)18(26)10-3-4-13(20)14(21)8-10;2-1(3)4;1-39(2)41(5)43(7)45(9)47(11)49(13)51(15)53(17)55(19)57(21)59(23)61(25)63(27)65(29)67(31)69(33)71(35)73(37)74(38)72(36)70(34)68(32)66(30)64(28)62(26)60(24)58(22)56(20)54(18)52(16)50(14)48(12)46(10)44(8)42(6)40(3)4/h3-4,8H,1-2,5-7,9H2,(H2,22,23);3-4,8,12H,1-2,5-7,9H2;(H4,2,3,4);. The predicted molar refractivity (Wildman–Crippen MR) is 1270 cm³/mol. The molecule has 1 atom stereocenters. The van der Waals surface area contributed by atoms with Crippen LogP contribution in [0.25, 0.3) is 11.4 Å². The smallest absolute Gasteiger partial charge is 0.309 e. The minimum atomic E-state index is -0.833. The largest absolute Gasteiger partial charge is 0.375 e. The van der Waals surface area contributed by atoms with Crippen LogP contribution in [0, 0.1) is 0 Å². The monoisotopic (exact) mass is 10300 g/mol. The van der Waals surface area contributed by atoms with Crippen LogP contribution in [-0.4, -0.2) is 75.9 Å². The number of primary amides is 2. The van der Waals surface area contributed by atoms with Crippen LogP contribution >= 0.6 is 1070 Å². The summed E-state index contributed by atoms with van der Waals surface area (Å²) in [7, 11) is -20.9. The molecule has 4 amide bonds. The number of aromatic nitrogens is 5. The van der Waals surface area contributed by atoms with Gasteiger partial charge in [0.1, 0.15) is 11.4 Å². The maximum atomic E-state index is 13.0. The molecule has 14 nitrogen and oxygen atoms in total. The summed E-state index contributed by atoms with van der Waals surface area (Å²) in [6.45, 7) is 3.65. The van der Waals surface area contributed by atoms with Crippen LogP contribution in [0.1, 0.15) is 77.9 Å². The van der Waals surface area contributed by atoms with E-state index in [-0.39, 0.29) is 22.4 Å². The van der Waals surface area contributed by atoms with Gasteiger partial charge in [0.05, 0.1) is 55.1 Å². The van der Waals surface area contributed by atoms with E-state index in [1.165, 1.54) is 4.88 Å². The van der Waals surface area contributed by atoms with Crippen molar-refractivity contribution in [3.63, 3.8) is 0 Å². The first-order valence-electron chi connectivity index (χ1n) is 28.8. The molecule has 132 heavy (non-hydrogen) atoms. The Labute approximate surface area is 1300 Å². The van der Waals surface area contributed by atoms with Crippen molar-refractivity contribution in [2.45, 2.75) is 69.5 Å². The minimum absolute atomic E-state index is 0.0556. The third kappa shape index (κ3) is 56.9. The molecule has 0 saturated carbocycles. The topological polar surface area (TPSA) is 201 Å². The number of thiazole rings is 1. The van der Waals surface area contributed by atoms with E-state index in [1.54, 1.807) is 52.6 Å². The molecule has 0 spiro atoms. The summed E-state index contributed by atoms with van der Waals surface area (Å²) in [6, 6.07) is 9.04. The molecule has 0 bridgehead atoms. The van der Waals surface area contributed by atoms with Gasteiger partial charge in [-0.1, -0.05) is 62.3 Å². The first-order chi connectivity index (χ1) is 61.3. The van der Waals surface area contributed by atoms with Gasteiger partial charge < -0.3 is 27.0 Å². The predicted octanol–water partition coefficient (Wildman–Crippen LogP) is 72.7. The van der Waals surface area contributed by atoms with E-state index in [4.69, 9.17) is 62.0 Å². The summed E-state index contributed by atoms with van der Waals surface area (Å²) in [6.07, 6.45) is 5.02. The van der Waals surface area contributed by atoms with Crippen LogP contribution in [0.4, 0.5) is 9.93 Å². The molecule has 9 rings (SSSR count). The molecule has 4 aliphatic heterocycles. The average Bonchev–Trinajstić information content (AvgIpc) is 1.61. The molecule has 0 aliphatic carbocycles. The molecule has 4 aliphatic rings. The molecule has 822 valence electrons. The van der Waals surface area contributed by atoms with Crippen molar-refractivity contribution < 1.29 is 19.2 Å². The second kappa shape index (κ2) is 92.2. The molecule has 1 unspecified atom stereocenters. The van der Waals surface area contributed by atoms with Gasteiger partial charge in [-0.2, -0.15) is 10.2 Å². The maximum Gasteiger partial charge on any atom is 0.309 e. The molecular weight excluding hydrogens is 10300 g/mol. The molecule has 0 saturated heterocycles. The molecule has 94 heteroatoms. The van der Waals surface area contributed by atoms with E-state index in [1.807, 2.05) is 14.3 Å². The van der Waals surface area contributed by atoms with Gasteiger partial charge in [-0.15, -0.1) is 11.3 Å². The van der Waals surface area contributed by atoms with Crippen LogP contribution in [0.5, 0.6) is 0 Å². The second-order valence-corrected chi connectivity index (χ2v) is 1780. The van der Waals surface area contributed by atoms with E-state index >= 15 is 0 Å². The number of alkyl halides is 1. The Bertz CT molecular complexity index is 4460. The second-order valence-electron chi connectivity index (χ2n) is 19.8. The van der Waals surface area contributed by atoms with Gasteiger partial charge in [-0.05, 0) is 62.1 Å². The fourth-order valence-electron chi connectivity index (χ4n) is 8.55. The summed E-state index contributed by atoms with van der Waals surface area (Å²) in [5, 5.41) is 11.6. The van der Waals surface area contributed by atoms with Gasteiger partial charge in [-0.3, -0.25) is 23.7 Å². The van der Waals surface area contributed by atoms with Crippen molar-refractivity contribution in [1.29, 1.82) is 0 Å². The zero-order valence-electron chi connectivity index (χ0n) is 58.8. The number of aryl methyl sites for hydroxylation is 3. The van der Waals surface area contributed by atoms with Crippen LogP contribution < -0.4 is 17.2 Å². The SMILES string of the molecule is II(I)I(I)I(I)I(I)I(I)I(I)I(I)I(I)I(I)I(I)I(I)I(I)I(I)I(I)I(I)I(I)I(I)I(I)I(I)I(I)I(I)I(I)I(I)I(I)I(I)I(I)I(I)I(I)I(I)I(I)I(I)I(I)I(I)I(I)I(I)I(I)I.NC(N)=O.Nc1nc2c(s1)CCCn1nc3c(c1-2)CN(C(=O)c1ccc(Cl)c(Cl)c1)CC3.O=C1c2c3c(nn2CCCC1Br)CCN(C(=O)c1ccc(Cl)c(Cl)c1)C3. The van der Waals surface area contributed by atoms with Crippen LogP contribution in [0.3, 0.4) is 0 Å². The van der Waals surface area contributed by atoms with E-state index in [2.05, 4.69) is 745 Å². The number of nitrogens with zero attached hydrogens (tertiary/aromatic N) is 7. The molecule has 0 fully saturated rings. The fraction of sp³-hybridized carbons (Fsp3) is 0.342. The molecule has 6 N–H and O–H groups in total. The summed E-state index contributed by atoms with van der Waals surface area (Å²) in [5.74, 6) is -0.124.